The van der Waals surface area contributed by atoms with Crippen LogP contribution in [0.1, 0.15) is 48.0 Å². The van der Waals surface area contributed by atoms with E-state index in [1.54, 1.807) is 11.8 Å². The fourth-order valence-electron chi connectivity index (χ4n) is 2.05. The van der Waals surface area contributed by atoms with E-state index < -0.39 is 5.41 Å². The maximum atomic E-state index is 12.4. The monoisotopic (exact) mass is 237 g/mol. The number of allylic oxidation sites excluding steroid dienone is 1. The Morgan fingerprint density at radius 3 is 2.24 bits per heavy atom. The third kappa shape index (κ3) is 2.59. The maximum Gasteiger partial charge on any atom is 0.231 e. The molecule has 1 amide bonds. The Morgan fingerprint density at radius 2 is 1.82 bits per heavy atom. The molecule has 0 radical (unpaired) electrons. The number of nitrogens with zero attached hydrogens (tertiary/aromatic N) is 1. The first-order chi connectivity index (χ1) is 7.58. The predicted molar refractivity (Wildman–Crippen MR) is 68.3 cm³/mol. The molecule has 0 saturated carbocycles. The van der Waals surface area contributed by atoms with Crippen molar-refractivity contribution in [2.24, 2.45) is 11.3 Å². The van der Waals surface area contributed by atoms with Crippen LogP contribution in [0.4, 0.5) is 0 Å². The number of amides is 1. The van der Waals surface area contributed by atoms with E-state index in [2.05, 4.69) is 0 Å². The van der Waals surface area contributed by atoms with Gasteiger partial charge >= 0.3 is 0 Å². The third-order valence-electron chi connectivity index (χ3n) is 3.66. The normalized spacial score (nSPS) is 21.9. The SMILES string of the molecule is CC(=O)C(C)(C)C1CC=CN(C(C)(C)C)C1=O. The second-order valence-corrected chi connectivity index (χ2v) is 6.33. The van der Waals surface area contributed by atoms with Gasteiger partial charge in [-0.2, -0.15) is 0 Å². The summed E-state index contributed by atoms with van der Waals surface area (Å²) in [5.41, 5.74) is -0.829. The summed E-state index contributed by atoms with van der Waals surface area (Å²) in [6, 6.07) is 0. The summed E-state index contributed by atoms with van der Waals surface area (Å²) in [5.74, 6) is -0.121. The zero-order chi connectivity index (χ0) is 13.4. The minimum Gasteiger partial charge on any atom is -0.314 e. The molecule has 1 unspecified atom stereocenters. The van der Waals surface area contributed by atoms with Crippen LogP contribution >= 0.6 is 0 Å². The molecule has 3 nitrogen and oxygen atoms in total. The summed E-state index contributed by atoms with van der Waals surface area (Å²) in [7, 11) is 0. The largest absolute Gasteiger partial charge is 0.314 e. The van der Waals surface area contributed by atoms with Gasteiger partial charge in [0.15, 0.2) is 0 Å². The van der Waals surface area contributed by atoms with Gasteiger partial charge in [0.05, 0.1) is 5.92 Å². The van der Waals surface area contributed by atoms with Crippen LogP contribution < -0.4 is 0 Å². The lowest BCUT2D eigenvalue weighted by atomic mass is 9.72. The van der Waals surface area contributed by atoms with E-state index >= 15 is 0 Å². The highest BCUT2D eigenvalue weighted by atomic mass is 16.2. The van der Waals surface area contributed by atoms with Crippen LogP contribution in [0, 0.1) is 11.3 Å². The molecule has 3 heteroatoms. The highest BCUT2D eigenvalue weighted by Crippen LogP contribution is 2.36. The molecule has 1 heterocycles. The van der Waals surface area contributed by atoms with Crippen molar-refractivity contribution < 1.29 is 9.59 Å². The summed E-state index contributed by atoms with van der Waals surface area (Å²) >= 11 is 0. The summed E-state index contributed by atoms with van der Waals surface area (Å²) < 4.78 is 0. The molecule has 0 N–H and O–H groups in total. The molecule has 1 aliphatic heterocycles. The minimum absolute atomic E-state index is 0.0557. The molecule has 1 aliphatic rings. The van der Waals surface area contributed by atoms with Crippen LogP contribution in [0.5, 0.6) is 0 Å². The Morgan fingerprint density at radius 1 is 1.29 bits per heavy atom. The number of hydrogen-bond acceptors (Lipinski definition) is 2. The topological polar surface area (TPSA) is 37.4 Å². The molecule has 0 saturated heterocycles. The average Bonchev–Trinajstić information content (AvgIpc) is 2.15. The van der Waals surface area contributed by atoms with Crippen molar-refractivity contribution in [3.05, 3.63) is 12.3 Å². The van der Waals surface area contributed by atoms with Crippen molar-refractivity contribution in [2.75, 3.05) is 0 Å². The lowest BCUT2D eigenvalue weighted by molar-refractivity contribution is -0.146. The van der Waals surface area contributed by atoms with E-state index in [-0.39, 0.29) is 23.1 Å². The predicted octanol–water partition coefficient (Wildman–Crippen LogP) is 2.76. The zero-order valence-corrected chi connectivity index (χ0v) is 11.7. The Kier molecular flexibility index (Phi) is 3.51. The molecule has 0 aromatic carbocycles. The van der Waals surface area contributed by atoms with Crippen LogP contribution in [0.25, 0.3) is 0 Å². The van der Waals surface area contributed by atoms with Gasteiger partial charge in [0.2, 0.25) is 5.91 Å². The Balaban J connectivity index is 3.05. The van der Waals surface area contributed by atoms with Crippen LogP contribution in [0.3, 0.4) is 0 Å². The molecule has 1 rings (SSSR count). The van der Waals surface area contributed by atoms with Gasteiger partial charge in [-0.3, -0.25) is 9.59 Å². The summed E-state index contributed by atoms with van der Waals surface area (Å²) in [6.07, 6.45) is 4.48. The fourth-order valence-corrected chi connectivity index (χ4v) is 2.05. The summed E-state index contributed by atoms with van der Waals surface area (Å²) in [4.78, 5) is 25.9. The fraction of sp³-hybridized carbons (Fsp3) is 0.714. The molecule has 0 bridgehead atoms. The average molecular weight is 237 g/mol. The van der Waals surface area contributed by atoms with Crippen LogP contribution in [0.15, 0.2) is 12.3 Å². The van der Waals surface area contributed by atoms with E-state index in [0.29, 0.717) is 6.42 Å². The van der Waals surface area contributed by atoms with Crippen LogP contribution in [-0.2, 0) is 9.59 Å². The molecule has 0 aromatic rings. The maximum absolute atomic E-state index is 12.4. The number of rotatable bonds is 2. The van der Waals surface area contributed by atoms with Crippen LogP contribution in [0.2, 0.25) is 0 Å². The van der Waals surface area contributed by atoms with Crippen molar-refractivity contribution >= 4 is 11.7 Å². The Labute approximate surface area is 104 Å². The van der Waals surface area contributed by atoms with Crippen molar-refractivity contribution in [2.45, 2.75) is 53.5 Å². The Bertz CT molecular complexity index is 361. The van der Waals surface area contributed by atoms with E-state index in [0.717, 1.165) is 0 Å². The molecule has 0 aliphatic carbocycles. The number of hydrogen-bond donors (Lipinski definition) is 0. The lowest BCUT2D eigenvalue weighted by Gasteiger charge is -2.41. The quantitative estimate of drug-likeness (QED) is 0.740. The molecular formula is C14H23NO2. The molecule has 0 fully saturated rings. The van der Waals surface area contributed by atoms with Crippen molar-refractivity contribution in [1.82, 2.24) is 4.90 Å². The van der Waals surface area contributed by atoms with E-state index in [9.17, 15) is 9.59 Å². The standard InChI is InChI=1S/C14H23NO2/c1-10(16)14(5,6)11-8-7-9-15(12(11)17)13(2,3)4/h7,9,11H,8H2,1-6H3. The first-order valence-corrected chi connectivity index (χ1v) is 6.09. The number of carbonyl (C=O) groups excluding carboxylic acids is 2. The summed E-state index contributed by atoms with van der Waals surface area (Å²) in [6.45, 7) is 11.3. The van der Waals surface area contributed by atoms with Gasteiger partial charge in [-0.15, -0.1) is 0 Å². The first-order valence-electron chi connectivity index (χ1n) is 6.09. The minimum atomic E-state index is -0.592. The van der Waals surface area contributed by atoms with Gasteiger partial charge in [0, 0.05) is 17.2 Å². The first kappa shape index (κ1) is 13.9. The number of ketones is 1. The van der Waals surface area contributed by atoms with Gasteiger partial charge in [-0.1, -0.05) is 19.9 Å². The Hall–Kier alpha value is -1.12. The van der Waals surface area contributed by atoms with Crippen molar-refractivity contribution in [3.63, 3.8) is 0 Å². The highest BCUT2D eigenvalue weighted by molar-refractivity contribution is 5.91. The van der Waals surface area contributed by atoms with Gasteiger partial charge < -0.3 is 4.90 Å². The molecule has 1 atom stereocenters. The van der Waals surface area contributed by atoms with Gasteiger partial charge in [-0.05, 0) is 34.1 Å². The van der Waals surface area contributed by atoms with E-state index in [4.69, 9.17) is 0 Å². The molecule has 96 valence electrons. The van der Waals surface area contributed by atoms with Gasteiger partial charge in [0.25, 0.3) is 0 Å². The molecule has 17 heavy (non-hydrogen) atoms. The van der Waals surface area contributed by atoms with Gasteiger partial charge in [0.1, 0.15) is 5.78 Å². The molecule has 0 aromatic heterocycles. The zero-order valence-electron chi connectivity index (χ0n) is 11.7. The van der Waals surface area contributed by atoms with Crippen molar-refractivity contribution in [3.8, 4) is 0 Å². The molecule has 0 spiro atoms. The second kappa shape index (κ2) is 4.28. The number of carbonyl (C=O) groups is 2. The second-order valence-electron chi connectivity index (χ2n) is 6.33. The van der Waals surface area contributed by atoms with Crippen LogP contribution in [-0.4, -0.2) is 22.1 Å². The van der Waals surface area contributed by atoms with E-state index in [1.165, 1.54) is 0 Å². The smallest absolute Gasteiger partial charge is 0.231 e. The number of Topliss-reactive ketones (excluding diaryl/α,β-unsaturated/α-hetero) is 1. The lowest BCUT2D eigenvalue weighted by Crippen LogP contribution is -2.51. The van der Waals surface area contributed by atoms with E-state index in [1.807, 2.05) is 46.9 Å². The molecular weight excluding hydrogens is 214 g/mol. The van der Waals surface area contributed by atoms with Crippen molar-refractivity contribution in [1.29, 1.82) is 0 Å². The summed E-state index contributed by atoms with van der Waals surface area (Å²) in [5, 5.41) is 0. The highest BCUT2D eigenvalue weighted by Gasteiger charge is 2.43. The third-order valence-corrected chi connectivity index (χ3v) is 3.66. The van der Waals surface area contributed by atoms with Gasteiger partial charge in [-0.25, -0.2) is 0 Å².